The number of aromatic nitrogens is 3. The Morgan fingerprint density at radius 1 is 1.03 bits per heavy atom. The first-order chi connectivity index (χ1) is 19.0. The normalized spacial score (nSPS) is 15.6. The van der Waals surface area contributed by atoms with Crippen LogP contribution in [0, 0.1) is 0 Å². The number of ketones is 1. The summed E-state index contributed by atoms with van der Waals surface area (Å²) in [6.45, 7) is 0. The van der Waals surface area contributed by atoms with Gasteiger partial charge in [-0.2, -0.15) is 0 Å². The lowest BCUT2D eigenvalue weighted by Gasteiger charge is -2.19. The number of benzene rings is 1. The molecular weight excluding hydrogens is 498 g/mol. The Bertz CT molecular complexity index is 1540. The van der Waals surface area contributed by atoms with Gasteiger partial charge in [0.1, 0.15) is 0 Å². The van der Waals surface area contributed by atoms with Crippen molar-refractivity contribution in [2.24, 2.45) is 0 Å². The topological polar surface area (TPSA) is 102 Å². The molecule has 1 heterocycles. The van der Waals surface area contributed by atoms with Gasteiger partial charge in [-0.15, -0.1) is 5.10 Å². The monoisotopic (exact) mass is 529 g/mol. The lowest BCUT2D eigenvalue weighted by molar-refractivity contribution is -0.115. The van der Waals surface area contributed by atoms with Crippen LogP contribution in [0.25, 0.3) is 11.1 Å². The number of hydrogen-bond acceptors (Lipinski definition) is 8. The number of rotatable bonds is 9. The summed E-state index contributed by atoms with van der Waals surface area (Å²) < 4.78 is 24.3. The first-order valence-electron chi connectivity index (χ1n) is 12.8. The highest BCUT2D eigenvalue weighted by molar-refractivity contribution is 5.96. The van der Waals surface area contributed by atoms with E-state index in [1.165, 1.54) is 7.11 Å². The zero-order valence-corrected chi connectivity index (χ0v) is 22.5. The van der Waals surface area contributed by atoms with Gasteiger partial charge in [-0.05, 0) is 59.7 Å². The number of hydrogen-bond donors (Lipinski definition) is 0. The average molecular weight is 530 g/mol. The van der Waals surface area contributed by atoms with Gasteiger partial charge in [0.15, 0.2) is 23.0 Å². The molecule has 0 radical (unpaired) electrons. The van der Waals surface area contributed by atoms with Crippen LogP contribution >= 0.6 is 0 Å². The highest BCUT2D eigenvalue weighted by atomic mass is 16.5. The number of allylic oxidation sites excluding steroid dienone is 4. The summed E-state index contributed by atoms with van der Waals surface area (Å²) in [5, 5.41) is 8.80. The zero-order valence-electron chi connectivity index (χ0n) is 22.5. The van der Waals surface area contributed by atoms with E-state index in [1.54, 1.807) is 38.1 Å². The van der Waals surface area contributed by atoms with E-state index in [1.807, 2.05) is 36.6 Å². The van der Waals surface area contributed by atoms with Crippen molar-refractivity contribution in [2.75, 3.05) is 28.4 Å². The summed E-state index contributed by atoms with van der Waals surface area (Å²) in [6, 6.07) is 6.82. The van der Waals surface area contributed by atoms with Gasteiger partial charge >= 0.3 is 0 Å². The molecule has 0 N–H and O–H groups in total. The van der Waals surface area contributed by atoms with Gasteiger partial charge in [-0.1, -0.05) is 29.5 Å². The third-order valence-corrected chi connectivity index (χ3v) is 7.30. The van der Waals surface area contributed by atoms with Crippen molar-refractivity contribution in [3.8, 4) is 34.1 Å². The van der Waals surface area contributed by atoms with Crippen molar-refractivity contribution >= 4 is 5.78 Å². The van der Waals surface area contributed by atoms with Crippen molar-refractivity contribution in [2.45, 2.75) is 38.1 Å². The van der Waals surface area contributed by atoms with Crippen LogP contribution in [0.5, 0.6) is 23.0 Å². The molecule has 39 heavy (non-hydrogen) atoms. The van der Waals surface area contributed by atoms with Crippen LogP contribution in [-0.4, -0.2) is 49.2 Å². The fraction of sp³-hybridized carbons (Fsp3) is 0.333. The molecule has 0 bridgehead atoms. The fourth-order valence-electron chi connectivity index (χ4n) is 5.36. The second-order valence-corrected chi connectivity index (χ2v) is 9.45. The summed E-state index contributed by atoms with van der Waals surface area (Å²) in [5.41, 5.74) is 4.70. The highest BCUT2D eigenvalue weighted by Crippen LogP contribution is 2.50. The number of carbonyl (C=O) groups is 1. The predicted molar refractivity (Wildman–Crippen MR) is 146 cm³/mol. The van der Waals surface area contributed by atoms with Gasteiger partial charge in [0, 0.05) is 24.6 Å². The summed E-state index contributed by atoms with van der Waals surface area (Å²) >= 11 is 0. The molecule has 1 atom stereocenters. The molecule has 0 aliphatic heterocycles. The van der Waals surface area contributed by atoms with Crippen LogP contribution in [0.1, 0.15) is 42.1 Å². The van der Waals surface area contributed by atoms with Crippen molar-refractivity contribution < 1.29 is 23.7 Å². The van der Waals surface area contributed by atoms with Crippen molar-refractivity contribution in [3.63, 3.8) is 0 Å². The van der Waals surface area contributed by atoms with Gasteiger partial charge in [0.2, 0.25) is 11.2 Å². The molecular formula is C30H31N3O6. The van der Waals surface area contributed by atoms with Crippen LogP contribution in [0.4, 0.5) is 0 Å². The summed E-state index contributed by atoms with van der Waals surface area (Å²) in [5.74, 6) is 1.92. The molecule has 0 saturated carbocycles. The maximum absolute atomic E-state index is 13.1. The standard InChI is InChI=1S/C30H31N3O6/c1-36-26-14-11-21-22(16-25(26)35)23(12-9-19-15-27(37-2)29(38-3)30(39-4)28(19)21)33-17-20(31-32-33)10-13-24(34)18-7-5-6-8-18/h5-7,11,14-17,23H,8-10,12-13H2,1-4H3/t23-/m0/s1. The van der Waals surface area contributed by atoms with Crippen molar-refractivity contribution in [1.82, 2.24) is 15.0 Å². The molecule has 3 aromatic rings. The second kappa shape index (κ2) is 11.1. The Balaban J connectivity index is 1.59. The largest absolute Gasteiger partial charge is 0.493 e. The number of nitrogens with zero attached hydrogens (tertiary/aromatic N) is 3. The van der Waals surface area contributed by atoms with Gasteiger partial charge < -0.3 is 18.9 Å². The highest BCUT2D eigenvalue weighted by Gasteiger charge is 2.30. The number of aryl methyl sites for hydroxylation is 2. The number of Topliss-reactive ketones (excluding diaryl/α,β-unsaturated/α-hetero) is 1. The molecule has 9 heteroatoms. The Kier molecular flexibility index (Phi) is 7.49. The second-order valence-electron chi connectivity index (χ2n) is 9.45. The zero-order chi connectivity index (χ0) is 27.5. The van der Waals surface area contributed by atoms with Crippen LogP contribution in [0.2, 0.25) is 0 Å². The number of fused-ring (bicyclic) bond motifs is 3. The van der Waals surface area contributed by atoms with E-state index in [4.69, 9.17) is 18.9 Å². The van der Waals surface area contributed by atoms with Gasteiger partial charge in [0.05, 0.1) is 40.2 Å². The molecule has 0 saturated heterocycles. The molecule has 9 nitrogen and oxygen atoms in total. The molecule has 0 spiro atoms. The number of ether oxygens (including phenoxy) is 4. The lowest BCUT2D eigenvalue weighted by atomic mass is 9.95. The van der Waals surface area contributed by atoms with Crippen LogP contribution in [0.15, 0.2) is 59.1 Å². The molecule has 2 aromatic carbocycles. The maximum atomic E-state index is 13.1. The van der Waals surface area contributed by atoms with E-state index in [0.29, 0.717) is 49.4 Å². The molecule has 0 unspecified atom stereocenters. The minimum absolute atomic E-state index is 0.120. The minimum atomic E-state index is -0.294. The first kappa shape index (κ1) is 26.2. The smallest absolute Gasteiger partial charge is 0.220 e. The first-order valence-corrected chi connectivity index (χ1v) is 12.8. The summed E-state index contributed by atoms with van der Waals surface area (Å²) in [6.07, 6.45) is 10.5. The maximum Gasteiger partial charge on any atom is 0.220 e. The van der Waals surface area contributed by atoms with Crippen molar-refractivity contribution in [1.29, 1.82) is 0 Å². The SMILES string of the molecule is COc1cc2c(c(OC)c1OC)-c1ccc(OC)c(=O)cc1[C@@H](n1cc(CCC(=O)C3=CC=CC3)nn1)CC2. The molecule has 1 aromatic heterocycles. The van der Waals surface area contributed by atoms with E-state index >= 15 is 0 Å². The Labute approximate surface area is 226 Å². The van der Waals surface area contributed by atoms with Gasteiger partial charge in [-0.3, -0.25) is 9.59 Å². The van der Waals surface area contributed by atoms with E-state index in [-0.39, 0.29) is 23.0 Å². The van der Waals surface area contributed by atoms with Crippen LogP contribution in [0.3, 0.4) is 0 Å². The molecule has 0 fully saturated rings. The third-order valence-electron chi connectivity index (χ3n) is 7.30. The van der Waals surface area contributed by atoms with E-state index in [2.05, 4.69) is 10.3 Å². The molecule has 202 valence electrons. The molecule has 0 amide bonds. The minimum Gasteiger partial charge on any atom is -0.493 e. The van der Waals surface area contributed by atoms with Gasteiger partial charge in [-0.25, -0.2) is 4.68 Å². The third kappa shape index (κ3) is 4.92. The average Bonchev–Trinajstić information content (AvgIpc) is 3.60. The van der Waals surface area contributed by atoms with E-state index in [0.717, 1.165) is 33.5 Å². The molecule has 2 aliphatic rings. The van der Waals surface area contributed by atoms with E-state index in [9.17, 15) is 9.59 Å². The fourth-order valence-corrected chi connectivity index (χ4v) is 5.36. The quantitative estimate of drug-likeness (QED) is 0.405. The Morgan fingerprint density at radius 2 is 1.82 bits per heavy atom. The van der Waals surface area contributed by atoms with Gasteiger partial charge in [0.25, 0.3) is 0 Å². The number of carbonyl (C=O) groups excluding carboxylic acids is 1. The number of methoxy groups -OCH3 is 4. The molecule has 2 aliphatic carbocycles. The predicted octanol–water partition coefficient (Wildman–Crippen LogP) is 4.26. The Hall–Kier alpha value is -4.40. The summed E-state index contributed by atoms with van der Waals surface area (Å²) in [7, 11) is 6.22. The lowest BCUT2D eigenvalue weighted by Crippen LogP contribution is -2.13. The van der Waals surface area contributed by atoms with Crippen LogP contribution < -0.4 is 24.4 Å². The van der Waals surface area contributed by atoms with Crippen molar-refractivity contribution in [3.05, 3.63) is 81.3 Å². The Morgan fingerprint density at radius 3 is 2.51 bits per heavy atom. The molecule has 5 rings (SSSR count). The summed E-state index contributed by atoms with van der Waals surface area (Å²) in [4.78, 5) is 25.6. The van der Waals surface area contributed by atoms with E-state index < -0.39 is 0 Å². The van der Waals surface area contributed by atoms with Crippen LogP contribution in [-0.2, 0) is 17.6 Å².